The quantitative estimate of drug-likeness (QED) is 0.179. The van der Waals surface area contributed by atoms with Gasteiger partial charge in [0, 0.05) is 17.0 Å². The summed E-state index contributed by atoms with van der Waals surface area (Å²) in [5.41, 5.74) is 4.16. The first-order valence-electron chi connectivity index (χ1n) is 10.1. The molecule has 0 radical (unpaired) electrons. The molecule has 0 amide bonds. The molecule has 32 heavy (non-hydrogen) atoms. The Kier molecular flexibility index (Phi) is 7.75. The largest absolute Gasteiger partial charge is 0.453 e. The van der Waals surface area contributed by atoms with Crippen molar-refractivity contribution in [2.75, 3.05) is 27.4 Å². The zero-order chi connectivity index (χ0) is 22.4. The number of hydrogen-bond acceptors (Lipinski definition) is 9. The average molecular weight is 489 g/mol. The third kappa shape index (κ3) is 4.97. The van der Waals surface area contributed by atoms with Crippen LogP contribution in [0.5, 0.6) is 0 Å². The highest BCUT2D eigenvalue weighted by Gasteiger charge is 2.40. The van der Waals surface area contributed by atoms with E-state index in [9.17, 15) is 0 Å². The molecule has 6 nitrogen and oxygen atoms in total. The highest BCUT2D eigenvalue weighted by Crippen LogP contribution is 2.41. The molecular weight excluding hydrogens is 464 g/mol. The third-order valence-electron chi connectivity index (χ3n) is 5.15. The van der Waals surface area contributed by atoms with Gasteiger partial charge in [-0.3, -0.25) is 0 Å². The Labute approximate surface area is 200 Å². The summed E-state index contributed by atoms with van der Waals surface area (Å²) in [6.45, 7) is 3.29. The molecular formula is C23H24N2O4S3. The number of aromatic nitrogens is 1. The van der Waals surface area contributed by atoms with Gasteiger partial charge in [0.2, 0.25) is 5.79 Å². The van der Waals surface area contributed by atoms with Crippen molar-refractivity contribution in [1.82, 2.24) is 4.37 Å². The van der Waals surface area contributed by atoms with E-state index in [0.717, 1.165) is 26.6 Å². The maximum atomic E-state index is 6.16. The highest BCUT2D eigenvalue weighted by molar-refractivity contribution is 8.76. The molecule has 1 aromatic heterocycles. The summed E-state index contributed by atoms with van der Waals surface area (Å²) in [5, 5.41) is 0. The molecule has 1 unspecified atom stereocenters. The van der Waals surface area contributed by atoms with E-state index in [4.69, 9.17) is 18.9 Å². The molecule has 3 aromatic rings. The highest BCUT2D eigenvalue weighted by atomic mass is 33.1. The standard InChI is InChI=1S/C23H24N2O4S3/c1-16(20-15-21(30-24-20)31-32-25-22(26-2)27-3)17-8-7-11-19(14-17)23(28-12-13-29-23)18-9-5-4-6-10-18/h4-11,14-16H,12-13H2,1-3H3. The summed E-state index contributed by atoms with van der Waals surface area (Å²) >= 11 is 1.46. The first-order valence-corrected chi connectivity index (χ1v) is 12.9. The van der Waals surface area contributed by atoms with Gasteiger partial charge < -0.3 is 18.9 Å². The molecule has 4 rings (SSSR count). The Morgan fingerprint density at radius 1 is 1.03 bits per heavy atom. The van der Waals surface area contributed by atoms with Gasteiger partial charge in [-0.25, -0.2) is 0 Å². The lowest BCUT2D eigenvalue weighted by molar-refractivity contribution is -0.129. The van der Waals surface area contributed by atoms with Crippen molar-refractivity contribution in [2.24, 2.45) is 4.40 Å². The first-order chi connectivity index (χ1) is 15.7. The Morgan fingerprint density at radius 2 is 1.75 bits per heavy atom. The van der Waals surface area contributed by atoms with E-state index in [1.807, 2.05) is 30.3 Å². The lowest BCUT2D eigenvalue weighted by Gasteiger charge is -2.29. The lowest BCUT2D eigenvalue weighted by Crippen LogP contribution is -2.28. The molecule has 168 valence electrons. The van der Waals surface area contributed by atoms with Crippen molar-refractivity contribution in [3.8, 4) is 0 Å². The summed E-state index contributed by atoms with van der Waals surface area (Å²) in [7, 11) is 5.86. The van der Waals surface area contributed by atoms with Crippen molar-refractivity contribution in [1.29, 1.82) is 0 Å². The molecule has 0 bridgehead atoms. The first kappa shape index (κ1) is 23.1. The van der Waals surface area contributed by atoms with Crippen LogP contribution < -0.4 is 0 Å². The molecule has 0 spiro atoms. The molecule has 0 saturated carbocycles. The van der Waals surface area contributed by atoms with Crippen LogP contribution in [0.4, 0.5) is 0 Å². The van der Waals surface area contributed by atoms with E-state index in [2.05, 4.69) is 46.0 Å². The van der Waals surface area contributed by atoms with Crippen LogP contribution in [0.15, 0.2) is 69.3 Å². The van der Waals surface area contributed by atoms with Crippen LogP contribution in [0.1, 0.15) is 35.2 Å². The monoisotopic (exact) mass is 488 g/mol. The van der Waals surface area contributed by atoms with E-state index in [0.29, 0.717) is 13.2 Å². The zero-order valence-electron chi connectivity index (χ0n) is 18.0. The van der Waals surface area contributed by atoms with Gasteiger partial charge in [-0.05, 0) is 40.0 Å². The van der Waals surface area contributed by atoms with Crippen LogP contribution in [0.2, 0.25) is 0 Å². The van der Waals surface area contributed by atoms with Crippen LogP contribution >= 0.6 is 33.3 Å². The minimum Gasteiger partial charge on any atom is -0.453 e. The maximum Gasteiger partial charge on any atom is 0.395 e. The van der Waals surface area contributed by atoms with Gasteiger partial charge in [0.05, 0.1) is 48.3 Å². The van der Waals surface area contributed by atoms with Gasteiger partial charge in [0.1, 0.15) is 0 Å². The molecule has 1 atom stereocenters. The molecule has 0 aliphatic carbocycles. The summed E-state index contributed by atoms with van der Waals surface area (Å²) in [5.74, 6) is -0.744. The van der Waals surface area contributed by atoms with E-state index >= 15 is 0 Å². The molecule has 1 aliphatic heterocycles. The fourth-order valence-corrected chi connectivity index (χ4v) is 6.02. The van der Waals surface area contributed by atoms with Crippen molar-refractivity contribution in [3.63, 3.8) is 0 Å². The fraction of sp³-hybridized carbons (Fsp3) is 0.304. The van der Waals surface area contributed by atoms with E-state index < -0.39 is 5.79 Å². The van der Waals surface area contributed by atoms with Gasteiger partial charge in [-0.1, -0.05) is 55.5 Å². The average Bonchev–Trinajstić information content (AvgIpc) is 3.53. The normalized spacial score (nSPS) is 15.8. The topological polar surface area (TPSA) is 62.2 Å². The molecule has 2 aromatic carbocycles. The number of hydrogen-bond donors (Lipinski definition) is 0. The smallest absolute Gasteiger partial charge is 0.395 e. The predicted octanol–water partition coefficient (Wildman–Crippen LogP) is 5.85. The fourth-order valence-electron chi connectivity index (χ4n) is 3.51. The van der Waals surface area contributed by atoms with Gasteiger partial charge in [-0.2, -0.15) is 4.37 Å². The van der Waals surface area contributed by atoms with Crippen molar-refractivity contribution in [3.05, 3.63) is 83.0 Å². The molecule has 1 fully saturated rings. The molecule has 1 saturated heterocycles. The zero-order valence-corrected chi connectivity index (χ0v) is 20.5. The third-order valence-corrected chi connectivity index (χ3v) is 8.10. The summed E-state index contributed by atoms with van der Waals surface area (Å²) in [4.78, 5) is 0. The number of methoxy groups -OCH3 is 2. The number of nitrogens with zero attached hydrogens (tertiary/aromatic N) is 2. The second-order valence-electron chi connectivity index (χ2n) is 7.02. The number of benzene rings is 2. The lowest BCUT2D eigenvalue weighted by atomic mass is 9.91. The Bertz CT molecular complexity index is 1050. The van der Waals surface area contributed by atoms with Crippen molar-refractivity contribution in [2.45, 2.75) is 22.8 Å². The molecule has 1 aliphatic rings. The molecule has 0 N–H and O–H groups in total. The van der Waals surface area contributed by atoms with Crippen LogP contribution in [0, 0.1) is 0 Å². The van der Waals surface area contributed by atoms with Crippen molar-refractivity contribution < 1.29 is 18.9 Å². The number of ether oxygens (including phenoxy) is 4. The summed E-state index contributed by atoms with van der Waals surface area (Å²) < 4.78 is 32.2. The Morgan fingerprint density at radius 3 is 2.47 bits per heavy atom. The second kappa shape index (κ2) is 10.7. The predicted molar refractivity (Wildman–Crippen MR) is 130 cm³/mol. The van der Waals surface area contributed by atoms with E-state index in [1.165, 1.54) is 47.5 Å². The number of rotatable bonds is 7. The van der Waals surface area contributed by atoms with Gasteiger partial charge in [0.25, 0.3) is 0 Å². The van der Waals surface area contributed by atoms with Crippen LogP contribution in [-0.2, 0) is 24.7 Å². The summed E-state index contributed by atoms with van der Waals surface area (Å²) in [6.07, 6.45) is 0.237. The minimum absolute atomic E-state index is 0.122. The Balaban J connectivity index is 1.54. The van der Waals surface area contributed by atoms with Crippen LogP contribution in [-0.4, -0.2) is 37.9 Å². The van der Waals surface area contributed by atoms with Gasteiger partial charge in [0.15, 0.2) is 0 Å². The minimum atomic E-state index is -0.866. The van der Waals surface area contributed by atoms with E-state index in [1.54, 1.807) is 0 Å². The van der Waals surface area contributed by atoms with Crippen LogP contribution in [0.3, 0.4) is 0 Å². The van der Waals surface area contributed by atoms with Crippen LogP contribution in [0.25, 0.3) is 0 Å². The molecule has 2 heterocycles. The summed E-state index contributed by atoms with van der Waals surface area (Å²) in [6, 6.07) is 20.6. The van der Waals surface area contributed by atoms with Gasteiger partial charge >= 0.3 is 6.08 Å². The maximum absolute atomic E-state index is 6.16. The second-order valence-corrected chi connectivity index (χ2v) is 9.97. The SMILES string of the molecule is COC(=NSSc1cc(C(C)c2cccc(C3(c4ccccc4)OCCO3)c2)ns1)OC. The van der Waals surface area contributed by atoms with Gasteiger partial charge in [-0.15, -0.1) is 4.40 Å². The van der Waals surface area contributed by atoms with E-state index in [-0.39, 0.29) is 12.0 Å². The Hall–Kier alpha value is -2.04. The molecule has 9 heteroatoms. The van der Waals surface area contributed by atoms with Crippen molar-refractivity contribution >= 4 is 39.4 Å².